The van der Waals surface area contributed by atoms with Crippen LogP contribution < -0.4 is 4.90 Å². The average Bonchev–Trinajstić information content (AvgIpc) is 3.25. The van der Waals surface area contributed by atoms with Crippen molar-refractivity contribution in [1.82, 2.24) is 23.9 Å². The Morgan fingerprint density at radius 3 is 2.35 bits per heavy atom. The molecular weight excluding hydrogens is 509 g/mol. The van der Waals surface area contributed by atoms with E-state index in [9.17, 15) is 17.2 Å². The zero-order valence-corrected chi connectivity index (χ0v) is 19.7. The summed E-state index contributed by atoms with van der Waals surface area (Å²) in [5.74, 6) is -1.58. The monoisotopic (exact) mass is 524 g/mol. The van der Waals surface area contributed by atoms with Crippen molar-refractivity contribution in [1.29, 1.82) is 0 Å². The fourth-order valence-corrected chi connectivity index (χ4v) is 5.72. The molecule has 0 atom stereocenters. The maximum Gasteiger partial charge on any atom is 0.254 e. The van der Waals surface area contributed by atoms with Gasteiger partial charge in [0.2, 0.25) is 16.0 Å². The molecule has 13 heteroatoms. The largest absolute Gasteiger partial charge is 0.337 e. The van der Waals surface area contributed by atoms with Crippen LogP contribution in [0.2, 0.25) is 10.0 Å². The molecule has 0 N–H and O–H groups in total. The Bertz CT molecular complexity index is 1490. The Morgan fingerprint density at radius 2 is 1.65 bits per heavy atom. The number of anilines is 1. The Morgan fingerprint density at radius 1 is 0.941 bits per heavy atom. The van der Waals surface area contributed by atoms with Crippen LogP contribution in [0.4, 0.5) is 14.7 Å². The topological polar surface area (TPSA) is 83.7 Å². The van der Waals surface area contributed by atoms with Gasteiger partial charge in [0.25, 0.3) is 5.78 Å². The average molecular weight is 525 g/mol. The van der Waals surface area contributed by atoms with E-state index < -0.39 is 26.6 Å². The molecule has 34 heavy (non-hydrogen) atoms. The Labute approximate surface area is 203 Å². The summed E-state index contributed by atoms with van der Waals surface area (Å²) in [4.78, 5) is 9.53. The molecule has 0 aliphatic carbocycles. The quantitative estimate of drug-likeness (QED) is 0.402. The minimum absolute atomic E-state index is 0.00602. The molecule has 2 aromatic carbocycles. The van der Waals surface area contributed by atoms with Gasteiger partial charge >= 0.3 is 0 Å². The smallest absolute Gasteiger partial charge is 0.254 e. The van der Waals surface area contributed by atoms with Crippen LogP contribution in [0.1, 0.15) is 0 Å². The molecule has 1 saturated heterocycles. The number of rotatable bonds is 4. The predicted molar refractivity (Wildman–Crippen MR) is 124 cm³/mol. The van der Waals surface area contributed by atoms with E-state index in [-0.39, 0.29) is 26.2 Å². The summed E-state index contributed by atoms with van der Waals surface area (Å²) in [6.07, 6.45) is 1.58. The van der Waals surface area contributed by atoms with Gasteiger partial charge in [-0.2, -0.15) is 13.8 Å². The maximum absolute atomic E-state index is 14.1. The van der Waals surface area contributed by atoms with Crippen molar-refractivity contribution in [2.45, 2.75) is 4.90 Å². The van der Waals surface area contributed by atoms with Gasteiger partial charge in [0, 0.05) is 43.0 Å². The van der Waals surface area contributed by atoms with Crippen LogP contribution in [0.5, 0.6) is 0 Å². The van der Waals surface area contributed by atoms with E-state index in [1.165, 1.54) is 4.52 Å². The molecule has 2 aromatic heterocycles. The van der Waals surface area contributed by atoms with Gasteiger partial charge < -0.3 is 4.90 Å². The third-order valence-electron chi connectivity index (χ3n) is 5.47. The van der Waals surface area contributed by atoms with E-state index in [0.29, 0.717) is 33.0 Å². The molecule has 8 nitrogen and oxygen atoms in total. The van der Waals surface area contributed by atoms with E-state index in [2.05, 4.69) is 15.1 Å². The Hall–Kier alpha value is -2.86. The summed E-state index contributed by atoms with van der Waals surface area (Å²) in [5, 5.41) is 5.52. The van der Waals surface area contributed by atoms with Gasteiger partial charge in [0.05, 0.1) is 10.7 Å². The molecule has 0 radical (unpaired) electrons. The maximum atomic E-state index is 14.1. The van der Waals surface area contributed by atoms with E-state index in [4.69, 9.17) is 23.2 Å². The van der Waals surface area contributed by atoms with Crippen LogP contribution in [0.3, 0.4) is 0 Å². The zero-order valence-electron chi connectivity index (χ0n) is 17.4. The van der Waals surface area contributed by atoms with Crippen molar-refractivity contribution in [3.63, 3.8) is 0 Å². The highest BCUT2D eigenvalue weighted by Gasteiger charge is 2.34. The summed E-state index contributed by atoms with van der Waals surface area (Å²) in [5.41, 5.74) is 1.29. The van der Waals surface area contributed by atoms with Crippen LogP contribution in [0.25, 0.3) is 17.0 Å². The van der Waals surface area contributed by atoms with Gasteiger partial charge in [-0.1, -0.05) is 29.3 Å². The normalized spacial score (nSPS) is 15.2. The standard InChI is InChI=1S/C21H16Cl2F2N6O2S/c22-13-4-5-15(23)14(12-13)18-6-7-26-20-27-21(28-31(18)20)29-8-10-30(11-9-29)34(32,33)19-16(24)2-1-3-17(19)25/h1-7,12H,8-11H2. The van der Waals surface area contributed by atoms with Gasteiger partial charge in [0.1, 0.15) is 11.6 Å². The third-order valence-corrected chi connectivity index (χ3v) is 7.99. The first-order valence-corrected chi connectivity index (χ1v) is 12.3. The molecule has 1 aliphatic rings. The number of halogens is 4. The molecule has 5 rings (SSSR count). The second-order valence-corrected chi connectivity index (χ2v) is 10.2. The molecule has 0 spiro atoms. The van der Waals surface area contributed by atoms with Crippen LogP contribution in [-0.4, -0.2) is 58.5 Å². The minimum atomic E-state index is -4.33. The molecular formula is C21H16Cl2F2N6O2S. The number of fused-ring (bicyclic) bond motifs is 1. The van der Waals surface area contributed by atoms with E-state index >= 15 is 0 Å². The van der Waals surface area contributed by atoms with Gasteiger partial charge in [0.15, 0.2) is 4.90 Å². The minimum Gasteiger partial charge on any atom is -0.337 e. The Balaban J connectivity index is 1.41. The lowest BCUT2D eigenvalue weighted by Gasteiger charge is -2.33. The molecule has 0 saturated carbocycles. The van der Waals surface area contributed by atoms with E-state index in [1.807, 2.05) is 0 Å². The van der Waals surface area contributed by atoms with E-state index in [0.717, 1.165) is 22.5 Å². The predicted octanol–water partition coefficient (Wildman–Crippen LogP) is 3.89. The SMILES string of the molecule is O=S(=O)(c1c(F)cccc1F)N1CCN(c2nc3nccc(-c4cc(Cl)ccc4Cl)n3n2)CC1. The second kappa shape index (κ2) is 8.73. The van der Waals surface area contributed by atoms with Crippen LogP contribution in [0.15, 0.2) is 53.6 Å². The summed E-state index contributed by atoms with van der Waals surface area (Å²) < 4.78 is 56.4. The molecule has 4 aromatic rings. The lowest BCUT2D eigenvalue weighted by molar-refractivity contribution is 0.376. The van der Waals surface area contributed by atoms with Gasteiger partial charge in [-0.05, 0) is 36.4 Å². The molecule has 0 unspecified atom stereocenters. The number of hydrogen-bond donors (Lipinski definition) is 0. The second-order valence-electron chi connectivity index (χ2n) is 7.52. The number of hydrogen-bond acceptors (Lipinski definition) is 6. The highest BCUT2D eigenvalue weighted by Crippen LogP contribution is 2.31. The van der Waals surface area contributed by atoms with Crippen LogP contribution >= 0.6 is 23.2 Å². The van der Waals surface area contributed by atoms with Gasteiger partial charge in [-0.3, -0.25) is 0 Å². The third kappa shape index (κ3) is 3.98. The molecule has 1 aliphatic heterocycles. The summed E-state index contributed by atoms with van der Waals surface area (Å²) in [6.45, 7) is 0.455. The summed E-state index contributed by atoms with van der Waals surface area (Å²) in [6, 6.07) is 9.77. The summed E-state index contributed by atoms with van der Waals surface area (Å²) in [7, 11) is -4.33. The molecule has 0 bridgehead atoms. The molecule has 1 fully saturated rings. The fourth-order valence-electron chi connectivity index (χ4n) is 3.80. The van der Waals surface area contributed by atoms with E-state index in [1.54, 1.807) is 35.4 Å². The van der Waals surface area contributed by atoms with Crippen molar-refractivity contribution < 1.29 is 17.2 Å². The van der Waals surface area contributed by atoms with Crippen molar-refractivity contribution >= 4 is 45.0 Å². The lowest BCUT2D eigenvalue weighted by Crippen LogP contribution is -2.49. The first-order valence-electron chi connectivity index (χ1n) is 10.1. The highest BCUT2D eigenvalue weighted by atomic mass is 35.5. The number of nitrogens with zero attached hydrogens (tertiary/aromatic N) is 6. The summed E-state index contributed by atoms with van der Waals surface area (Å²) >= 11 is 12.5. The number of piperazine rings is 1. The fraction of sp³-hybridized carbons (Fsp3) is 0.190. The Kier molecular flexibility index (Phi) is 5.88. The van der Waals surface area contributed by atoms with Crippen molar-refractivity contribution in [2.24, 2.45) is 0 Å². The highest BCUT2D eigenvalue weighted by molar-refractivity contribution is 7.89. The number of sulfonamides is 1. The number of benzene rings is 2. The van der Waals surface area contributed by atoms with Gasteiger partial charge in [-0.25, -0.2) is 22.2 Å². The van der Waals surface area contributed by atoms with Crippen LogP contribution in [-0.2, 0) is 10.0 Å². The number of aromatic nitrogens is 4. The van der Waals surface area contributed by atoms with Crippen LogP contribution in [0, 0.1) is 11.6 Å². The van der Waals surface area contributed by atoms with Gasteiger partial charge in [-0.15, -0.1) is 5.10 Å². The zero-order chi connectivity index (χ0) is 24.0. The lowest BCUT2D eigenvalue weighted by atomic mass is 10.1. The first kappa shape index (κ1) is 22.9. The van der Waals surface area contributed by atoms with Crippen molar-refractivity contribution in [2.75, 3.05) is 31.1 Å². The van der Waals surface area contributed by atoms with Crippen molar-refractivity contribution in [3.05, 3.63) is 70.3 Å². The molecule has 3 heterocycles. The van der Waals surface area contributed by atoms with Crippen molar-refractivity contribution in [3.8, 4) is 11.3 Å². The molecule has 176 valence electrons. The molecule has 0 amide bonds. The first-order chi connectivity index (χ1) is 16.3.